The number of hydrogen-bond donors (Lipinski definition) is 0. The summed E-state index contributed by atoms with van der Waals surface area (Å²) in [7, 11) is -3.60. The lowest BCUT2D eigenvalue weighted by atomic mass is 9.84. The molecule has 1 aromatic carbocycles. The van der Waals surface area contributed by atoms with E-state index < -0.39 is 10.0 Å². The highest BCUT2D eigenvalue weighted by Crippen LogP contribution is 2.31. The Morgan fingerprint density at radius 1 is 0.900 bits per heavy atom. The second kappa shape index (κ2) is 8.32. The molecule has 0 saturated carbocycles. The Balaban J connectivity index is 1.40. The largest absolute Gasteiger partial charge is 0.355 e. The predicted octanol–water partition coefficient (Wildman–Crippen LogP) is 3.27. The molecule has 0 spiro atoms. The van der Waals surface area contributed by atoms with Crippen molar-refractivity contribution in [3.05, 3.63) is 41.4 Å². The molecule has 30 heavy (non-hydrogen) atoms. The van der Waals surface area contributed by atoms with Crippen LogP contribution in [0.5, 0.6) is 0 Å². The topological polar surface area (TPSA) is 69.6 Å². The Bertz CT molecular complexity index is 989. The Labute approximate surface area is 183 Å². The molecule has 0 amide bonds. The van der Waals surface area contributed by atoms with E-state index in [2.05, 4.69) is 33.8 Å². The van der Waals surface area contributed by atoms with Gasteiger partial charge in [-0.3, -0.25) is 0 Å². The van der Waals surface area contributed by atoms with Crippen LogP contribution in [0, 0.1) is 5.41 Å². The molecule has 0 bridgehead atoms. The maximum Gasteiger partial charge on any atom is 0.244 e. The lowest BCUT2D eigenvalue weighted by molar-refractivity contribution is 0.291. The van der Waals surface area contributed by atoms with Crippen molar-refractivity contribution in [2.45, 2.75) is 31.6 Å². The number of piperazine rings is 1. The summed E-state index contributed by atoms with van der Waals surface area (Å²) in [5, 5.41) is 9.14. The first-order valence-corrected chi connectivity index (χ1v) is 12.2. The number of benzene rings is 1. The van der Waals surface area contributed by atoms with Crippen molar-refractivity contribution < 1.29 is 8.42 Å². The predicted molar refractivity (Wildman–Crippen MR) is 120 cm³/mol. The van der Waals surface area contributed by atoms with E-state index in [9.17, 15) is 8.42 Å². The van der Waals surface area contributed by atoms with Crippen LogP contribution in [0.15, 0.2) is 41.3 Å². The van der Waals surface area contributed by atoms with Gasteiger partial charge in [-0.25, -0.2) is 8.42 Å². The van der Waals surface area contributed by atoms with Gasteiger partial charge < -0.3 is 9.80 Å². The Morgan fingerprint density at radius 2 is 1.53 bits per heavy atom. The van der Waals surface area contributed by atoms with Crippen LogP contribution in [0.3, 0.4) is 0 Å². The standard InChI is InChI=1S/C21H28ClN5O2S/c1-21(2)10-5-11-26(16-21)20-9-8-19(23-24-20)25-12-14-27(15-13-25)30(28,29)18-7-4-3-6-17(18)22/h3-4,6-9H,5,10-16H2,1-2H3. The zero-order valence-corrected chi connectivity index (χ0v) is 19.0. The first kappa shape index (κ1) is 21.3. The molecule has 0 atom stereocenters. The van der Waals surface area contributed by atoms with Crippen LogP contribution in [0.1, 0.15) is 26.7 Å². The molecule has 3 heterocycles. The minimum atomic E-state index is -3.60. The first-order chi connectivity index (χ1) is 14.3. The summed E-state index contributed by atoms with van der Waals surface area (Å²) >= 11 is 6.11. The molecule has 0 N–H and O–H groups in total. The third kappa shape index (κ3) is 4.40. The molecule has 2 aliphatic heterocycles. The highest BCUT2D eigenvalue weighted by molar-refractivity contribution is 7.89. The number of nitrogens with zero attached hydrogens (tertiary/aromatic N) is 5. The van der Waals surface area contributed by atoms with Crippen molar-refractivity contribution in [3.63, 3.8) is 0 Å². The highest BCUT2D eigenvalue weighted by Gasteiger charge is 2.31. The molecule has 0 unspecified atom stereocenters. The third-order valence-corrected chi connectivity index (χ3v) is 8.28. The number of piperidine rings is 1. The van der Waals surface area contributed by atoms with E-state index in [-0.39, 0.29) is 9.92 Å². The zero-order chi connectivity index (χ0) is 21.4. The highest BCUT2D eigenvalue weighted by atomic mass is 35.5. The van der Waals surface area contributed by atoms with Gasteiger partial charge in [-0.2, -0.15) is 4.31 Å². The van der Waals surface area contributed by atoms with Gasteiger partial charge in [0.25, 0.3) is 0 Å². The zero-order valence-electron chi connectivity index (χ0n) is 17.5. The molecule has 7 nitrogen and oxygen atoms in total. The van der Waals surface area contributed by atoms with Crippen molar-refractivity contribution in [2.24, 2.45) is 5.41 Å². The van der Waals surface area contributed by atoms with E-state index in [0.717, 1.165) is 31.1 Å². The van der Waals surface area contributed by atoms with E-state index >= 15 is 0 Å². The number of sulfonamides is 1. The van der Waals surface area contributed by atoms with Gasteiger partial charge in [0.15, 0.2) is 11.6 Å². The van der Waals surface area contributed by atoms with Gasteiger partial charge in [0.2, 0.25) is 10.0 Å². The van der Waals surface area contributed by atoms with E-state index in [4.69, 9.17) is 11.6 Å². The van der Waals surface area contributed by atoms with Crippen molar-refractivity contribution >= 4 is 33.3 Å². The van der Waals surface area contributed by atoms with E-state index in [1.165, 1.54) is 10.7 Å². The van der Waals surface area contributed by atoms with Crippen LogP contribution in [-0.4, -0.2) is 62.2 Å². The minimum Gasteiger partial charge on any atom is -0.355 e. The molecule has 162 valence electrons. The average molecular weight is 450 g/mol. The average Bonchev–Trinajstić information content (AvgIpc) is 2.73. The van der Waals surface area contributed by atoms with Crippen molar-refractivity contribution in [1.82, 2.24) is 14.5 Å². The Kier molecular flexibility index (Phi) is 5.92. The lowest BCUT2D eigenvalue weighted by Gasteiger charge is -2.38. The van der Waals surface area contributed by atoms with Crippen LogP contribution >= 0.6 is 11.6 Å². The summed E-state index contributed by atoms with van der Waals surface area (Å²) in [6.45, 7) is 8.47. The quantitative estimate of drug-likeness (QED) is 0.713. The molecule has 2 aliphatic rings. The monoisotopic (exact) mass is 449 g/mol. The van der Waals surface area contributed by atoms with Gasteiger partial charge in [-0.05, 0) is 42.5 Å². The molecule has 2 fully saturated rings. The van der Waals surface area contributed by atoms with Gasteiger partial charge in [-0.15, -0.1) is 10.2 Å². The van der Waals surface area contributed by atoms with Crippen LogP contribution in [0.25, 0.3) is 0 Å². The van der Waals surface area contributed by atoms with Gasteiger partial charge in [0.1, 0.15) is 4.90 Å². The second-order valence-electron chi connectivity index (χ2n) is 8.76. The summed E-state index contributed by atoms with van der Waals surface area (Å²) in [6, 6.07) is 10.6. The van der Waals surface area contributed by atoms with Gasteiger partial charge >= 0.3 is 0 Å². The van der Waals surface area contributed by atoms with E-state index in [1.54, 1.807) is 24.3 Å². The SMILES string of the molecule is CC1(C)CCCN(c2ccc(N3CCN(S(=O)(=O)c4ccccc4Cl)CC3)nn2)C1. The van der Waals surface area contributed by atoms with Crippen LogP contribution in [0.4, 0.5) is 11.6 Å². The number of hydrogen-bond acceptors (Lipinski definition) is 6. The third-order valence-electron chi connectivity index (χ3n) is 5.88. The smallest absolute Gasteiger partial charge is 0.244 e. The number of anilines is 2. The number of aromatic nitrogens is 2. The van der Waals surface area contributed by atoms with E-state index in [0.29, 0.717) is 31.6 Å². The van der Waals surface area contributed by atoms with Crippen molar-refractivity contribution in [2.75, 3.05) is 49.1 Å². The summed E-state index contributed by atoms with van der Waals surface area (Å²) in [4.78, 5) is 4.54. The molecule has 2 aromatic rings. The first-order valence-electron chi connectivity index (χ1n) is 10.3. The van der Waals surface area contributed by atoms with Crippen LogP contribution in [-0.2, 0) is 10.0 Å². The molecule has 4 rings (SSSR count). The minimum absolute atomic E-state index is 0.161. The summed E-state index contributed by atoms with van der Waals surface area (Å²) in [5.74, 6) is 1.69. The molecule has 1 aromatic heterocycles. The van der Waals surface area contributed by atoms with Gasteiger partial charge in [0.05, 0.1) is 5.02 Å². The summed E-state index contributed by atoms with van der Waals surface area (Å²) in [5.41, 5.74) is 0.294. The molecular weight excluding hydrogens is 422 g/mol. The number of halogens is 1. The summed E-state index contributed by atoms with van der Waals surface area (Å²) < 4.78 is 27.3. The van der Waals surface area contributed by atoms with Crippen molar-refractivity contribution in [3.8, 4) is 0 Å². The van der Waals surface area contributed by atoms with Crippen LogP contribution in [0.2, 0.25) is 5.02 Å². The Hall–Kier alpha value is -1.90. The Morgan fingerprint density at radius 3 is 2.13 bits per heavy atom. The fourth-order valence-electron chi connectivity index (χ4n) is 4.22. The number of rotatable bonds is 4. The molecule has 0 aliphatic carbocycles. The van der Waals surface area contributed by atoms with E-state index in [1.807, 2.05) is 12.1 Å². The molecule has 0 radical (unpaired) electrons. The summed E-state index contributed by atoms with van der Waals surface area (Å²) in [6.07, 6.45) is 2.40. The fourth-order valence-corrected chi connectivity index (χ4v) is 6.14. The normalized spacial score (nSPS) is 20.4. The maximum absolute atomic E-state index is 12.9. The maximum atomic E-state index is 12.9. The van der Waals surface area contributed by atoms with Gasteiger partial charge in [0, 0.05) is 39.3 Å². The van der Waals surface area contributed by atoms with Crippen molar-refractivity contribution in [1.29, 1.82) is 0 Å². The van der Waals surface area contributed by atoms with Gasteiger partial charge in [-0.1, -0.05) is 37.6 Å². The molecule has 9 heteroatoms. The second-order valence-corrected chi connectivity index (χ2v) is 11.1. The molecule has 2 saturated heterocycles. The van der Waals surface area contributed by atoms with Crippen LogP contribution < -0.4 is 9.80 Å². The lowest BCUT2D eigenvalue weighted by Crippen LogP contribution is -2.49. The molecular formula is C21H28ClN5O2S. The fraction of sp³-hybridized carbons (Fsp3) is 0.524.